The number of ether oxygens (including phenoxy) is 2. The van der Waals surface area contributed by atoms with E-state index in [-0.39, 0.29) is 0 Å². The zero-order valence-electron chi connectivity index (χ0n) is 14.7. The number of hydrogen-bond acceptors (Lipinski definition) is 5. The van der Waals surface area contributed by atoms with Crippen LogP contribution in [0.25, 0.3) is 16.6 Å². The number of benzene rings is 2. The maximum atomic E-state index is 6.13. The molecule has 0 saturated carbocycles. The minimum absolute atomic E-state index is 0.472. The Kier molecular flexibility index (Phi) is 4.23. The molecule has 2 aromatic carbocycles. The molecule has 2 N–H and O–H groups in total. The molecule has 0 bridgehead atoms. The molecule has 3 aromatic rings. The molecule has 0 saturated heterocycles. The molecule has 2 heterocycles. The Hall–Kier alpha value is -3.41. The fourth-order valence-electron chi connectivity index (χ4n) is 2.94. The molecule has 6 heteroatoms. The highest BCUT2D eigenvalue weighted by atomic mass is 16.5. The lowest BCUT2D eigenvalue weighted by atomic mass is 10.1. The fraction of sp³-hybridized carbons (Fsp3) is 0.150. The van der Waals surface area contributed by atoms with E-state index in [1.54, 1.807) is 7.11 Å². The van der Waals surface area contributed by atoms with E-state index in [4.69, 9.17) is 9.47 Å². The van der Waals surface area contributed by atoms with Crippen LogP contribution in [0, 0.1) is 0 Å². The topological polar surface area (TPSA) is 62.4 Å². The van der Waals surface area contributed by atoms with Gasteiger partial charge in [0.25, 0.3) is 0 Å². The van der Waals surface area contributed by atoms with Gasteiger partial charge in [0.15, 0.2) is 0 Å². The van der Waals surface area contributed by atoms with Gasteiger partial charge in [-0.1, -0.05) is 18.2 Å². The Morgan fingerprint density at radius 1 is 1.15 bits per heavy atom. The van der Waals surface area contributed by atoms with E-state index in [1.807, 2.05) is 66.9 Å². The van der Waals surface area contributed by atoms with E-state index in [0.717, 1.165) is 39.2 Å². The molecule has 0 radical (unpaired) electrons. The van der Waals surface area contributed by atoms with Crippen LogP contribution in [0.1, 0.15) is 11.1 Å². The van der Waals surface area contributed by atoms with Gasteiger partial charge in [0.1, 0.15) is 23.8 Å². The van der Waals surface area contributed by atoms with Gasteiger partial charge in [0.2, 0.25) is 0 Å². The first-order valence-corrected chi connectivity index (χ1v) is 8.35. The molecule has 1 aliphatic rings. The summed E-state index contributed by atoms with van der Waals surface area (Å²) in [5.41, 5.74) is 7.23. The van der Waals surface area contributed by atoms with E-state index in [0.29, 0.717) is 6.61 Å². The second-order valence-electron chi connectivity index (χ2n) is 6.06. The Morgan fingerprint density at radius 3 is 2.92 bits per heavy atom. The van der Waals surface area contributed by atoms with Crippen molar-refractivity contribution in [2.45, 2.75) is 6.61 Å². The van der Waals surface area contributed by atoms with E-state index < -0.39 is 0 Å². The molecule has 4 rings (SSSR count). The Balaban J connectivity index is 1.61. The molecule has 1 aliphatic heterocycles. The van der Waals surface area contributed by atoms with Gasteiger partial charge >= 0.3 is 0 Å². The summed E-state index contributed by atoms with van der Waals surface area (Å²) in [4.78, 5) is 0. The van der Waals surface area contributed by atoms with Crippen molar-refractivity contribution in [1.82, 2.24) is 20.6 Å². The van der Waals surface area contributed by atoms with Gasteiger partial charge in [-0.25, -0.2) is 0 Å². The first-order valence-electron chi connectivity index (χ1n) is 8.35. The van der Waals surface area contributed by atoms with Gasteiger partial charge in [0, 0.05) is 30.3 Å². The number of hydrogen-bond donors (Lipinski definition) is 2. The van der Waals surface area contributed by atoms with Crippen molar-refractivity contribution in [1.29, 1.82) is 0 Å². The largest absolute Gasteiger partial charge is 0.494 e. The molecule has 1 aromatic heterocycles. The van der Waals surface area contributed by atoms with Crippen molar-refractivity contribution in [3.8, 4) is 5.75 Å². The highest BCUT2D eigenvalue weighted by Gasteiger charge is 2.17. The highest BCUT2D eigenvalue weighted by Crippen LogP contribution is 2.30. The van der Waals surface area contributed by atoms with E-state index in [2.05, 4.69) is 21.7 Å². The monoisotopic (exact) mass is 348 g/mol. The second kappa shape index (κ2) is 6.84. The number of methoxy groups -OCH3 is 1. The standard InChI is InChI=1S/C20H20N4O2/c1-24-10-9-19(25-2)20(23-24)16-5-3-4-6-18(16)26-13-14-7-8-17-15(11-14)12-21-22-17/h3-12,23H,13H2,1-2H3,(H,21,22). The smallest absolute Gasteiger partial charge is 0.146 e. The summed E-state index contributed by atoms with van der Waals surface area (Å²) in [5, 5.41) is 9.96. The van der Waals surface area contributed by atoms with Crippen LogP contribution in [0.15, 0.2) is 66.7 Å². The summed E-state index contributed by atoms with van der Waals surface area (Å²) in [5.74, 6) is 1.56. The van der Waals surface area contributed by atoms with Crippen molar-refractivity contribution < 1.29 is 9.47 Å². The Labute approximate surface area is 151 Å². The van der Waals surface area contributed by atoms with Crippen LogP contribution in [0.4, 0.5) is 0 Å². The minimum atomic E-state index is 0.472. The average molecular weight is 348 g/mol. The van der Waals surface area contributed by atoms with Crippen LogP contribution in [0.3, 0.4) is 0 Å². The van der Waals surface area contributed by atoms with Crippen molar-refractivity contribution in [3.05, 3.63) is 77.8 Å². The maximum Gasteiger partial charge on any atom is 0.146 e. The summed E-state index contributed by atoms with van der Waals surface area (Å²) < 4.78 is 11.6. The summed E-state index contributed by atoms with van der Waals surface area (Å²) in [6.45, 7) is 0.472. The number of rotatable bonds is 5. The van der Waals surface area contributed by atoms with E-state index >= 15 is 0 Å². The predicted molar refractivity (Wildman–Crippen MR) is 101 cm³/mol. The van der Waals surface area contributed by atoms with Gasteiger partial charge in [-0.3, -0.25) is 15.5 Å². The molecule has 6 nitrogen and oxygen atoms in total. The van der Waals surface area contributed by atoms with Crippen LogP contribution >= 0.6 is 0 Å². The first kappa shape index (κ1) is 16.1. The van der Waals surface area contributed by atoms with Crippen LogP contribution in [-0.2, 0) is 11.3 Å². The van der Waals surface area contributed by atoms with Crippen LogP contribution in [0.5, 0.6) is 5.75 Å². The third-order valence-electron chi connectivity index (χ3n) is 4.26. The van der Waals surface area contributed by atoms with Crippen molar-refractivity contribution >= 4 is 16.6 Å². The first-order chi connectivity index (χ1) is 12.7. The van der Waals surface area contributed by atoms with Gasteiger partial charge in [-0.15, -0.1) is 0 Å². The zero-order chi connectivity index (χ0) is 17.9. The van der Waals surface area contributed by atoms with Crippen LogP contribution in [-0.4, -0.2) is 29.4 Å². The van der Waals surface area contributed by atoms with Gasteiger partial charge in [-0.05, 0) is 29.8 Å². The molecule has 132 valence electrons. The van der Waals surface area contributed by atoms with E-state index in [1.165, 1.54) is 0 Å². The molecule has 0 spiro atoms. The van der Waals surface area contributed by atoms with Crippen LogP contribution in [0.2, 0.25) is 0 Å². The number of H-pyrrole nitrogens is 1. The quantitative estimate of drug-likeness (QED) is 0.740. The lowest BCUT2D eigenvalue weighted by Gasteiger charge is -2.26. The number of aromatic nitrogens is 2. The summed E-state index contributed by atoms with van der Waals surface area (Å²) >= 11 is 0. The summed E-state index contributed by atoms with van der Waals surface area (Å²) in [6, 6.07) is 14.1. The predicted octanol–water partition coefficient (Wildman–Crippen LogP) is 3.42. The number of aromatic amines is 1. The molecule has 0 unspecified atom stereocenters. The molecule has 0 fully saturated rings. The van der Waals surface area contributed by atoms with E-state index in [9.17, 15) is 0 Å². The molecule has 0 atom stereocenters. The molecule has 26 heavy (non-hydrogen) atoms. The summed E-state index contributed by atoms with van der Waals surface area (Å²) in [6.07, 6.45) is 5.65. The Morgan fingerprint density at radius 2 is 2.04 bits per heavy atom. The van der Waals surface area contributed by atoms with Crippen molar-refractivity contribution in [2.75, 3.05) is 14.2 Å². The van der Waals surface area contributed by atoms with Crippen molar-refractivity contribution in [3.63, 3.8) is 0 Å². The average Bonchev–Trinajstić information content (AvgIpc) is 3.14. The molecule has 0 amide bonds. The second-order valence-corrected chi connectivity index (χ2v) is 6.06. The fourth-order valence-corrected chi connectivity index (χ4v) is 2.94. The van der Waals surface area contributed by atoms with Gasteiger partial charge in [-0.2, -0.15) is 5.10 Å². The van der Waals surface area contributed by atoms with Crippen LogP contribution < -0.4 is 10.2 Å². The molecular formula is C20H20N4O2. The zero-order valence-corrected chi connectivity index (χ0v) is 14.7. The Bertz CT molecular complexity index is 990. The van der Waals surface area contributed by atoms with Gasteiger partial charge < -0.3 is 9.47 Å². The number of fused-ring (bicyclic) bond motifs is 1. The SMILES string of the molecule is COC1=C(c2ccccc2OCc2ccc3[nH]ncc3c2)NN(C)C=C1. The maximum absolute atomic E-state index is 6.13. The lowest BCUT2D eigenvalue weighted by Crippen LogP contribution is -2.31. The van der Waals surface area contributed by atoms with Crippen molar-refractivity contribution in [2.24, 2.45) is 0 Å². The molecule has 0 aliphatic carbocycles. The molecular weight excluding hydrogens is 328 g/mol. The van der Waals surface area contributed by atoms with Gasteiger partial charge in [0.05, 0.1) is 18.8 Å². The highest BCUT2D eigenvalue weighted by molar-refractivity contribution is 5.78. The third-order valence-corrected chi connectivity index (χ3v) is 4.26. The number of hydrazine groups is 1. The summed E-state index contributed by atoms with van der Waals surface area (Å²) in [7, 11) is 3.60. The number of nitrogens with zero attached hydrogens (tertiary/aromatic N) is 2. The third kappa shape index (κ3) is 3.09. The normalized spacial score (nSPS) is 13.8. The number of allylic oxidation sites excluding steroid dienone is 1. The number of nitrogens with one attached hydrogen (secondary N) is 2. The minimum Gasteiger partial charge on any atom is -0.494 e. The lowest BCUT2D eigenvalue weighted by molar-refractivity contribution is 0.285. The number of para-hydroxylation sites is 1.